The average molecular weight is 460 g/mol. The van der Waals surface area contributed by atoms with Gasteiger partial charge in [-0.05, 0) is 45.7 Å². The van der Waals surface area contributed by atoms with Gasteiger partial charge in [0.1, 0.15) is 17.8 Å². The zero-order valence-electron chi connectivity index (χ0n) is 20.2. The molecular weight excluding hydrogens is 422 g/mol. The molecule has 2 N–H and O–H groups in total. The van der Waals surface area contributed by atoms with Gasteiger partial charge in [0, 0.05) is 50.5 Å². The molecule has 8 nitrogen and oxygen atoms in total. The van der Waals surface area contributed by atoms with Crippen molar-refractivity contribution in [1.29, 1.82) is 0 Å². The van der Waals surface area contributed by atoms with E-state index in [2.05, 4.69) is 35.7 Å². The monoisotopic (exact) mass is 459 g/mol. The van der Waals surface area contributed by atoms with Crippen molar-refractivity contribution in [2.75, 3.05) is 46.5 Å². The molecule has 182 valence electrons. The number of aliphatic hydroxyl groups excluding tert-OH is 2. The van der Waals surface area contributed by atoms with Crippen molar-refractivity contribution >= 4 is 5.91 Å². The predicted molar refractivity (Wildman–Crippen MR) is 125 cm³/mol. The van der Waals surface area contributed by atoms with E-state index in [0.29, 0.717) is 30.1 Å². The number of amides is 1. The van der Waals surface area contributed by atoms with Crippen LogP contribution in [-0.4, -0.2) is 95.7 Å². The summed E-state index contributed by atoms with van der Waals surface area (Å²) in [6.45, 7) is 9.16. The van der Waals surface area contributed by atoms with Crippen molar-refractivity contribution in [2.45, 2.75) is 51.9 Å². The van der Waals surface area contributed by atoms with Crippen LogP contribution in [0.3, 0.4) is 0 Å². The number of aromatic nitrogens is 1. The van der Waals surface area contributed by atoms with Crippen molar-refractivity contribution < 1.29 is 24.5 Å². The molecule has 1 aromatic heterocycles. The Morgan fingerprint density at radius 2 is 2.03 bits per heavy atom. The van der Waals surface area contributed by atoms with E-state index >= 15 is 0 Å². The van der Waals surface area contributed by atoms with Gasteiger partial charge < -0.3 is 29.5 Å². The maximum atomic E-state index is 13.4. The third-order valence-corrected chi connectivity index (χ3v) is 6.35. The summed E-state index contributed by atoms with van der Waals surface area (Å²) in [4.78, 5) is 21.8. The second kappa shape index (κ2) is 11.8. The lowest BCUT2D eigenvalue weighted by Crippen LogP contribution is -2.50. The van der Waals surface area contributed by atoms with E-state index in [0.717, 1.165) is 32.6 Å². The van der Waals surface area contributed by atoms with Gasteiger partial charge in [0.25, 0.3) is 5.91 Å². The van der Waals surface area contributed by atoms with Crippen LogP contribution in [0.4, 0.5) is 0 Å². The minimum Gasteiger partial charge on any atom is -0.472 e. The van der Waals surface area contributed by atoms with E-state index in [4.69, 9.17) is 9.47 Å². The fraction of sp³-hybridized carbons (Fsp3) is 0.680. The number of hydrogen-bond acceptors (Lipinski definition) is 7. The number of carbonyl (C=O) groups is 1. The van der Waals surface area contributed by atoms with Gasteiger partial charge in [-0.1, -0.05) is 18.8 Å². The highest BCUT2D eigenvalue weighted by atomic mass is 16.5. The predicted octanol–water partition coefficient (Wildman–Crippen LogP) is 1.39. The van der Waals surface area contributed by atoms with E-state index in [-0.39, 0.29) is 36.5 Å². The number of fused-ring (bicyclic) bond motifs is 1. The van der Waals surface area contributed by atoms with Crippen LogP contribution in [0.2, 0.25) is 0 Å². The maximum absolute atomic E-state index is 13.4. The number of aliphatic hydroxyl groups is 2. The molecule has 0 radical (unpaired) electrons. The number of carbonyl (C=O) groups excluding carboxylic acids is 1. The largest absolute Gasteiger partial charge is 0.472 e. The van der Waals surface area contributed by atoms with E-state index in [1.165, 1.54) is 0 Å². The Morgan fingerprint density at radius 1 is 1.30 bits per heavy atom. The normalized spacial score (nSPS) is 23.6. The highest BCUT2D eigenvalue weighted by molar-refractivity contribution is 5.97. The molecule has 1 fully saturated rings. The first-order valence-corrected chi connectivity index (χ1v) is 11.8. The second-order valence-corrected chi connectivity index (χ2v) is 9.42. The van der Waals surface area contributed by atoms with Crippen LogP contribution in [0, 0.1) is 23.7 Å². The fourth-order valence-electron chi connectivity index (χ4n) is 4.33. The smallest absolute Gasteiger partial charge is 0.259 e. The van der Waals surface area contributed by atoms with Gasteiger partial charge in [-0.3, -0.25) is 4.79 Å². The molecule has 3 heterocycles. The van der Waals surface area contributed by atoms with Crippen LogP contribution in [0.1, 0.15) is 49.5 Å². The number of likely N-dealkylation sites (N-methyl/N-ethyl adjacent to an activating group) is 1. The first-order valence-electron chi connectivity index (χ1n) is 11.8. The van der Waals surface area contributed by atoms with Gasteiger partial charge in [-0.25, -0.2) is 4.98 Å². The van der Waals surface area contributed by atoms with E-state index < -0.39 is 6.10 Å². The molecule has 0 aromatic carbocycles. The molecule has 0 aliphatic carbocycles. The molecule has 2 aliphatic rings. The lowest BCUT2D eigenvalue weighted by atomic mass is 9.97. The number of nitrogens with zero attached hydrogens (tertiary/aromatic N) is 3. The molecule has 0 unspecified atom stereocenters. The molecule has 1 amide bonds. The molecular formula is C25H37N3O5. The van der Waals surface area contributed by atoms with Crippen molar-refractivity contribution in [3.63, 3.8) is 0 Å². The third-order valence-electron chi connectivity index (χ3n) is 6.35. The summed E-state index contributed by atoms with van der Waals surface area (Å²) in [5.41, 5.74) is 0.863. The van der Waals surface area contributed by atoms with Gasteiger partial charge in [0.05, 0.1) is 12.6 Å². The molecule has 3 rings (SSSR count). The van der Waals surface area contributed by atoms with Gasteiger partial charge in [0.2, 0.25) is 5.88 Å². The minimum atomic E-state index is -0.777. The molecule has 4 atom stereocenters. The summed E-state index contributed by atoms with van der Waals surface area (Å²) in [5.74, 6) is 6.24. The summed E-state index contributed by atoms with van der Waals surface area (Å²) < 4.78 is 11.8. The molecule has 1 aromatic rings. The Bertz CT molecular complexity index is 859. The van der Waals surface area contributed by atoms with Crippen molar-refractivity contribution in [2.24, 2.45) is 11.8 Å². The lowest BCUT2D eigenvalue weighted by molar-refractivity contribution is 0.0254. The lowest BCUT2D eigenvalue weighted by Gasteiger charge is -2.38. The van der Waals surface area contributed by atoms with Gasteiger partial charge >= 0.3 is 0 Å². The van der Waals surface area contributed by atoms with Crippen LogP contribution < -0.4 is 4.74 Å². The minimum absolute atomic E-state index is 0.0461. The Balaban J connectivity index is 1.86. The quantitative estimate of drug-likeness (QED) is 0.621. The fourth-order valence-corrected chi connectivity index (χ4v) is 4.33. The van der Waals surface area contributed by atoms with Gasteiger partial charge in [-0.2, -0.15) is 0 Å². The first-order chi connectivity index (χ1) is 15.8. The van der Waals surface area contributed by atoms with E-state index in [1.54, 1.807) is 24.1 Å². The number of rotatable bonds is 6. The van der Waals surface area contributed by atoms with Crippen LogP contribution >= 0.6 is 0 Å². The Hall–Kier alpha value is -2.18. The molecule has 0 saturated carbocycles. The number of ether oxygens (including phenoxy) is 2. The van der Waals surface area contributed by atoms with Crippen LogP contribution in [0.25, 0.3) is 0 Å². The van der Waals surface area contributed by atoms with Crippen molar-refractivity contribution in [3.05, 3.63) is 23.4 Å². The zero-order valence-corrected chi connectivity index (χ0v) is 20.2. The van der Waals surface area contributed by atoms with Gasteiger partial charge in [-0.15, -0.1) is 0 Å². The standard InChI is InChI=1S/C25H37N3O5/c1-17-13-28(18(2)16-29)25(31)22-11-21(6-5-19(3)30)12-26-24(22)33-23(17)15-27(4)14-20-7-9-32-10-8-20/h11-12,17-20,23,29-30H,7-10,13-16H2,1-4H3/t17-,18+,19+,23+/m1/s1. The Morgan fingerprint density at radius 3 is 2.70 bits per heavy atom. The molecule has 0 spiro atoms. The number of pyridine rings is 1. The molecule has 0 bridgehead atoms. The van der Waals surface area contributed by atoms with Gasteiger partial charge in [0.15, 0.2) is 0 Å². The van der Waals surface area contributed by atoms with Crippen molar-refractivity contribution in [1.82, 2.24) is 14.8 Å². The summed E-state index contributed by atoms with van der Waals surface area (Å²) in [6, 6.07) is 1.33. The molecule has 33 heavy (non-hydrogen) atoms. The highest BCUT2D eigenvalue weighted by Crippen LogP contribution is 2.27. The molecule has 1 saturated heterocycles. The topological polar surface area (TPSA) is 95.4 Å². The van der Waals surface area contributed by atoms with Crippen LogP contribution in [0.15, 0.2) is 12.3 Å². The van der Waals surface area contributed by atoms with Crippen LogP contribution in [0.5, 0.6) is 5.88 Å². The summed E-state index contributed by atoms with van der Waals surface area (Å²) in [5, 5.41) is 19.3. The molecule has 2 aliphatic heterocycles. The third kappa shape index (κ3) is 6.90. The van der Waals surface area contributed by atoms with E-state index in [1.807, 2.05) is 6.92 Å². The Kier molecular flexibility index (Phi) is 9.10. The highest BCUT2D eigenvalue weighted by Gasteiger charge is 2.34. The SMILES string of the molecule is C[C@H](O)C#Cc1cnc2c(c1)C(=O)N([C@@H](C)CO)C[C@@H](C)[C@H](CN(C)CC1CCOCC1)O2. The maximum Gasteiger partial charge on any atom is 0.259 e. The Labute approximate surface area is 196 Å². The van der Waals surface area contributed by atoms with Crippen molar-refractivity contribution in [3.8, 4) is 17.7 Å². The van der Waals surface area contributed by atoms with E-state index in [9.17, 15) is 15.0 Å². The summed E-state index contributed by atoms with van der Waals surface area (Å²) >= 11 is 0. The summed E-state index contributed by atoms with van der Waals surface area (Å²) in [6.07, 6.45) is 2.76. The van der Waals surface area contributed by atoms with Crippen LogP contribution in [-0.2, 0) is 4.74 Å². The summed E-state index contributed by atoms with van der Waals surface area (Å²) in [7, 11) is 2.10. The second-order valence-electron chi connectivity index (χ2n) is 9.42. The average Bonchev–Trinajstić information content (AvgIpc) is 2.80. The zero-order chi connectivity index (χ0) is 24.0. The molecule has 8 heteroatoms. The first kappa shape index (κ1) is 25.4. The number of hydrogen-bond donors (Lipinski definition) is 2.